The molecule has 3 N–H and O–H groups in total. The molecule has 0 bridgehead atoms. The van der Waals surface area contributed by atoms with Gasteiger partial charge in [0.1, 0.15) is 11.6 Å². The lowest BCUT2D eigenvalue weighted by Gasteiger charge is -2.33. The van der Waals surface area contributed by atoms with Crippen molar-refractivity contribution in [1.29, 1.82) is 0 Å². The van der Waals surface area contributed by atoms with Crippen LogP contribution in [0.2, 0.25) is 0 Å². The van der Waals surface area contributed by atoms with E-state index in [1.807, 2.05) is 14.0 Å². The highest BCUT2D eigenvalue weighted by molar-refractivity contribution is 5.34. The number of rotatable bonds is 5. The molecule has 0 saturated heterocycles. The third kappa shape index (κ3) is 3.68. The van der Waals surface area contributed by atoms with Crippen LogP contribution in [0, 0.1) is 11.2 Å². The van der Waals surface area contributed by atoms with Crippen LogP contribution in [0.15, 0.2) is 18.2 Å². The lowest BCUT2D eigenvalue weighted by Crippen LogP contribution is -2.37. The smallest absolute Gasteiger partial charge is 0.126 e. The number of nitrogens with two attached hydrogens (primary N) is 1. The van der Waals surface area contributed by atoms with E-state index in [0.717, 1.165) is 18.2 Å². The number of phenolic OH excluding ortho intramolecular Hbond substituents is 1. The zero-order valence-electron chi connectivity index (χ0n) is 11.6. The number of halogens is 1. The summed E-state index contributed by atoms with van der Waals surface area (Å²) in [7, 11) is 1.98. The van der Waals surface area contributed by atoms with E-state index < -0.39 is 5.82 Å². The second kappa shape index (κ2) is 5.67. The molecule has 3 nitrogen and oxygen atoms in total. The average molecular weight is 254 g/mol. The third-order valence-corrected chi connectivity index (χ3v) is 3.33. The Kier molecular flexibility index (Phi) is 4.71. The summed E-state index contributed by atoms with van der Waals surface area (Å²) in [5.74, 6) is -0.423. The summed E-state index contributed by atoms with van der Waals surface area (Å²) in [4.78, 5) is 2.11. The van der Waals surface area contributed by atoms with Gasteiger partial charge in [0.2, 0.25) is 0 Å². The first-order chi connectivity index (χ1) is 8.26. The van der Waals surface area contributed by atoms with Crippen LogP contribution in [0.25, 0.3) is 0 Å². The van der Waals surface area contributed by atoms with Crippen LogP contribution in [-0.4, -0.2) is 30.1 Å². The standard InChI is InChI=1S/C14H23FN2O/c1-10(17(4)9-14(2,3)8-16)12-6-5-11(15)7-13(12)18/h5-7,10,18H,8-9,16H2,1-4H3. The number of benzene rings is 1. The highest BCUT2D eigenvalue weighted by Gasteiger charge is 2.23. The molecule has 0 radical (unpaired) electrons. The molecule has 1 aromatic rings. The first kappa shape index (κ1) is 14.9. The van der Waals surface area contributed by atoms with Crippen molar-refractivity contribution in [2.45, 2.75) is 26.8 Å². The van der Waals surface area contributed by atoms with E-state index in [4.69, 9.17) is 5.73 Å². The van der Waals surface area contributed by atoms with Crippen molar-refractivity contribution in [3.05, 3.63) is 29.6 Å². The van der Waals surface area contributed by atoms with Crippen molar-refractivity contribution in [2.24, 2.45) is 11.1 Å². The molecule has 1 rings (SSSR count). The van der Waals surface area contributed by atoms with Gasteiger partial charge >= 0.3 is 0 Å². The molecule has 4 heteroatoms. The predicted molar refractivity (Wildman–Crippen MR) is 71.9 cm³/mol. The normalized spacial score (nSPS) is 13.9. The van der Waals surface area contributed by atoms with E-state index in [9.17, 15) is 9.50 Å². The Bertz CT molecular complexity index is 407. The molecule has 0 amide bonds. The number of phenols is 1. The van der Waals surface area contributed by atoms with Gasteiger partial charge < -0.3 is 10.8 Å². The summed E-state index contributed by atoms with van der Waals surface area (Å²) in [5, 5.41) is 9.77. The fourth-order valence-electron chi connectivity index (χ4n) is 1.98. The zero-order valence-corrected chi connectivity index (χ0v) is 11.6. The number of hydrogen-bond donors (Lipinski definition) is 2. The van der Waals surface area contributed by atoms with Crippen LogP contribution in [0.1, 0.15) is 32.4 Å². The Hall–Kier alpha value is -1.13. The van der Waals surface area contributed by atoms with Gasteiger partial charge in [-0.25, -0.2) is 4.39 Å². The molecule has 0 aliphatic heterocycles. The van der Waals surface area contributed by atoms with Crippen LogP contribution in [0.3, 0.4) is 0 Å². The number of hydrogen-bond acceptors (Lipinski definition) is 3. The van der Waals surface area contributed by atoms with E-state index in [0.29, 0.717) is 6.54 Å². The van der Waals surface area contributed by atoms with Crippen molar-refractivity contribution >= 4 is 0 Å². The molecule has 0 aliphatic rings. The van der Waals surface area contributed by atoms with E-state index in [1.54, 1.807) is 6.07 Å². The SMILES string of the molecule is CC(c1ccc(F)cc1O)N(C)CC(C)(C)CN. The Balaban J connectivity index is 2.83. The average Bonchev–Trinajstić information content (AvgIpc) is 2.27. The van der Waals surface area contributed by atoms with Gasteiger partial charge in [-0.3, -0.25) is 4.90 Å². The maximum atomic E-state index is 12.9. The second-order valence-corrected chi connectivity index (χ2v) is 5.66. The van der Waals surface area contributed by atoms with Gasteiger partial charge in [-0.05, 0) is 32.0 Å². The lowest BCUT2D eigenvalue weighted by atomic mass is 9.92. The third-order valence-electron chi connectivity index (χ3n) is 3.33. The minimum Gasteiger partial charge on any atom is -0.508 e. The van der Waals surface area contributed by atoms with Gasteiger partial charge in [0.15, 0.2) is 0 Å². The predicted octanol–water partition coefficient (Wildman–Crippen LogP) is 2.51. The maximum Gasteiger partial charge on any atom is 0.126 e. The molecule has 1 unspecified atom stereocenters. The molecule has 0 heterocycles. The van der Waals surface area contributed by atoms with Gasteiger partial charge in [-0.1, -0.05) is 19.9 Å². The number of nitrogens with zero attached hydrogens (tertiary/aromatic N) is 1. The van der Waals surface area contributed by atoms with Crippen molar-refractivity contribution in [3.8, 4) is 5.75 Å². The molecule has 1 atom stereocenters. The van der Waals surface area contributed by atoms with Gasteiger partial charge in [0.25, 0.3) is 0 Å². The van der Waals surface area contributed by atoms with Gasteiger partial charge in [-0.2, -0.15) is 0 Å². The van der Waals surface area contributed by atoms with E-state index in [1.165, 1.54) is 6.07 Å². The van der Waals surface area contributed by atoms with Crippen molar-refractivity contribution < 1.29 is 9.50 Å². The Morgan fingerprint density at radius 3 is 2.56 bits per heavy atom. The largest absolute Gasteiger partial charge is 0.508 e. The molecule has 1 aromatic carbocycles. The summed E-state index contributed by atoms with van der Waals surface area (Å²) < 4.78 is 12.9. The maximum absolute atomic E-state index is 12.9. The Morgan fingerprint density at radius 1 is 1.44 bits per heavy atom. The highest BCUT2D eigenvalue weighted by atomic mass is 19.1. The van der Waals surface area contributed by atoms with Crippen molar-refractivity contribution in [3.63, 3.8) is 0 Å². The van der Waals surface area contributed by atoms with E-state index >= 15 is 0 Å². The second-order valence-electron chi connectivity index (χ2n) is 5.66. The topological polar surface area (TPSA) is 49.5 Å². The summed E-state index contributed by atoms with van der Waals surface area (Å²) in [6.45, 7) is 7.59. The summed E-state index contributed by atoms with van der Waals surface area (Å²) >= 11 is 0. The molecule has 0 aliphatic carbocycles. The first-order valence-corrected chi connectivity index (χ1v) is 6.15. The van der Waals surface area contributed by atoms with Gasteiger partial charge in [0, 0.05) is 24.2 Å². The van der Waals surface area contributed by atoms with Gasteiger partial charge in [0.05, 0.1) is 0 Å². The Morgan fingerprint density at radius 2 is 2.06 bits per heavy atom. The molecule has 0 spiro atoms. The molecule has 0 aromatic heterocycles. The van der Waals surface area contributed by atoms with Crippen LogP contribution in [0.5, 0.6) is 5.75 Å². The minimum atomic E-state index is -0.423. The first-order valence-electron chi connectivity index (χ1n) is 6.15. The number of aromatic hydroxyl groups is 1. The highest BCUT2D eigenvalue weighted by Crippen LogP contribution is 2.29. The van der Waals surface area contributed by atoms with E-state index in [-0.39, 0.29) is 17.2 Å². The molecule has 0 saturated carbocycles. The van der Waals surface area contributed by atoms with Crippen LogP contribution >= 0.6 is 0 Å². The molecule has 0 fully saturated rings. The fraction of sp³-hybridized carbons (Fsp3) is 0.571. The van der Waals surface area contributed by atoms with Crippen molar-refractivity contribution in [1.82, 2.24) is 4.90 Å². The quantitative estimate of drug-likeness (QED) is 0.849. The molecule has 102 valence electrons. The molecular weight excluding hydrogens is 231 g/mol. The zero-order chi connectivity index (χ0) is 13.9. The minimum absolute atomic E-state index is 0.0000883. The summed E-state index contributed by atoms with van der Waals surface area (Å²) in [5.41, 5.74) is 6.46. The van der Waals surface area contributed by atoms with Crippen LogP contribution in [0.4, 0.5) is 4.39 Å². The summed E-state index contributed by atoms with van der Waals surface area (Å²) in [6, 6.07) is 4.15. The van der Waals surface area contributed by atoms with Crippen LogP contribution < -0.4 is 5.73 Å². The Labute approximate surface area is 108 Å². The van der Waals surface area contributed by atoms with Crippen molar-refractivity contribution in [2.75, 3.05) is 20.1 Å². The fourth-order valence-corrected chi connectivity index (χ4v) is 1.98. The molecular formula is C14H23FN2O. The van der Waals surface area contributed by atoms with E-state index in [2.05, 4.69) is 18.7 Å². The monoisotopic (exact) mass is 254 g/mol. The summed E-state index contributed by atoms with van der Waals surface area (Å²) in [6.07, 6.45) is 0. The van der Waals surface area contributed by atoms with Gasteiger partial charge in [-0.15, -0.1) is 0 Å². The van der Waals surface area contributed by atoms with Crippen LogP contribution in [-0.2, 0) is 0 Å². The lowest BCUT2D eigenvalue weighted by molar-refractivity contribution is 0.172. The molecule has 18 heavy (non-hydrogen) atoms.